The number of hydrogen-bond acceptors (Lipinski definition) is 7. The highest BCUT2D eigenvalue weighted by Crippen LogP contribution is 2.49. The molecule has 7 rings (SSSR count). The van der Waals surface area contributed by atoms with Crippen LogP contribution in [0.4, 0.5) is 19.4 Å². The highest BCUT2D eigenvalue weighted by Gasteiger charge is 2.54. The number of rotatable bonds is 4. The molecule has 0 unspecified atom stereocenters. The number of anilines is 1. The Morgan fingerprint density at radius 3 is 2.31 bits per heavy atom. The van der Waals surface area contributed by atoms with Crippen LogP contribution in [0.3, 0.4) is 0 Å². The fourth-order valence-electron chi connectivity index (χ4n) is 10.0. The maximum Gasteiger partial charge on any atom is 0.410 e. The normalized spacial score (nSPS) is 20.9. The highest BCUT2D eigenvalue weighted by molar-refractivity contribution is 6.90. The van der Waals surface area contributed by atoms with Crippen LogP contribution in [-0.2, 0) is 4.74 Å². The lowest BCUT2D eigenvalue weighted by molar-refractivity contribution is 0.000953. The third-order valence-electron chi connectivity index (χ3n) is 12.5. The lowest BCUT2D eigenvalue weighted by Gasteiger charge is -2.48. The molecular formula is C44H54F2N4O4Si. The molecule has 0 radical (unpaired) electrons. The van der Waals surface area contributed by atoms with Crippen LogP contribution in [0.2, 0.25) is 16.6 Å². The van der Waals surface area contributed by atoms with Gasteiger partial charge in [0.15, 0.2) is 5.82 Å². The molecule has 0 aliphatic carbocycles. The van der Waals surface area contributed by atoms with Gasteiger partial charge in [-0.3, -0.25) is 4.90 Å². The third-order valence-corrected chi connectivity index (χ3v) is 18.7. The van der Waals surface area contributed by atoms with E-state index in [2.05, 4.69) is 57.9 Å². The summed E-state index contributed by atoms with van der Waals surface area (Å²) in [7, 11) is -2.29. The van der Waals surface area contributed by atoms with Crippen molar-refractivity contribution in [3.63, 3.8) is 0 Å². The second kappa shape index (κ2) is 13.6. The Balaban J connectivity index is 1.46. The molecular weight excluding hydrogens is 715 g/mol. The molecule has 5 heterocycles. The first-order valence-electron chi connectivity index (χ1n) is 19.7. The molecule has 2 bridgehead atoms. The number of carbonyl (C=O) groups is 1. The molecule has 4 atom stereocenters. The molecule has 1 N–H and O–H groups in total. The Labute approximate surface area is 324 Å². The molecule has 0 spiro atoms. The van der Waals surface area contributed by atoms with Crippen molar-refractivity contribution in [2.45, 2.75) is 142 Å². The zero-order valence-electron chi connectivity index (χ0n) is 34.2. The third kappa shape index (κ3) is 6.19. The van der Waals surface area contributed by atoms with Crippen molar-refractivity contribution in [2.75, 3.05) is 11.4 Å². The van der Waals surface area contributed by atoms with Crippen LogP contribution in [0.5, 0.6) is 11.6 Å². The van der Waals surface area contributed by atoms with Crippen molar-refractivity contribution in [3.8, 4) is 34.4 Å². The van der Waals surface area contributed by atoms with E-state index in [0.29, 0.717) is 61.8 Å². The summed E-state index contributed by atoms with van der Waals surface area (Å²) in [6, 6.07) is 5.29. The van der Waals surface area contributed by atoms with Crippen LogP contribution in [0.25, 0.3) is 32.8 Å². The number of amides is 1. The van der Waals surface area contributed by atoms with E-state index < -0.39 is 31.4 Å². The summed E-state index contributed by atoms with van der Waals surface area (Å²) in [6.45, 7) is 24.9. The topological polar surface area (TPSA) is 88.0 Å². The number of phenolic OH excluding ortho intramolecular Hbond substituents is 1. The highest BCUT2D eigenvalue weighted by atomic mass is 28.3. The number of phenols is 1. The number of nitrogens with zero attached hydrogens (tertiary/aromatic N) is 4. The summed E-state index contributed by atoms with van der Waals surface area (Å²) in [5, 5.41) is 12.7. The molecule has 3 aliphatic heterocycles. The van der Waals surface area contributed by atoms with Gasteiger partial charge in [-0.2, -0.15) is 0 Å². The van der Waals surface area contributed by atoms with Crippen LogP contribution in [0.15, 0.2) is 24.3 Å². The zero-order valence-corrected chi connectivity index (χ0v) is 35.2. The lowest BCUT2D eigenvalue weighted by atomic mass is 9.94. The van der Waals surface area contributed by atoms with Gasteiger partial charge in [0, 0.05) is 28.6 Å². The lowest BCUT2D eigenvalue weighted by Crippen LogP contribution is -2.65. The summed E-state index contributed by atoms with van der Waals surface area (Å²) < 4.78 is 46.4. The van der Waals surface area contributed by atoms with E-state index in [4.69, 9.17) is 19.4 Å². The average molecular weight is 769 g/mol. The van der Waals surface area contributed by atoms with Crippen molar-refractivity contribution < 1.29 is 28.2 Å². The number of carbonyl (C=O) groups excluding carboxylic acids is 1. The van der Waals surface area contributed by atoms with Gasteiger partial charge in [-0.05, 0) is 100 Å². The van der Waals surface area contributed by atoms with Gasteiger partial charge in [-0.1, -0.05) is 53.5 Å². The monoisotopic (exact) mass is 768 g/mol. The maximum absolute atomic E-state index is 17.6. The summed E-state index contributed by atoms with van der Waals surface area (Å²) >= 11 is 0. The number of halogens is 2. The molecule has 4 aromatic rings. The molecule has 55 heavy (non-hydrogen) atoms. The summed E-state index contributed by atoms with van der Waals surface area (Å²) in [5.74, 6) is 2.83. The average Bonchev–Trinajstić information content (AvgIpc) is 3.33. The first-order valence-corrected chi connectivity index (χ1v) is 21.9. The molecule has 0 saturated carbocycles. The predicted octanol–water partition coefficient (Wildman–Crippen LogP) is 10.4. The molecule has 2 saturated heterocycles. The van der Waals surface area contributed by atoms with Gasteiger partial charge in [0.05, 0.1) is 29.1 Å². The molecule has 1 amide bonds. The van der Waals surface area contributed by atoms with Gasteiger partial charge in [0.2, 0.25) is 5.88 Å². The van der Waals surface area contributed by atoms with Crippen molar-refractivity contribution in [1.82, 2.24) is 14.9 Å². The van der Waals surface area contributed by atoms with Gasteiger partial charge in [0.25, 0.3) is 0 Å². The van der Waals surface area contributed by atoms with Gasteiger partial charge < -0.3 is 19.5 Å². The van der Waals surface area contributed by atoms with E-state index in [-0.39, 0.29) is 52.7 Å². The molecule has 8 nitrogen and oxygen atoms in total. The Bertz CT molecular complexity index is 2270. The number of pyridine rings is 2. The van der Waals surface area contributed by atoms with E-state index >= 15 is 8.78 Å². The fourth-order valence-corrected chi connectivity index (χ4v) is 15.2. The second-order valence-corrected chi connectivity index (χ2v) is 23.4. The van der Waals surface area contributed by atoms with E-state index in [9.17, 15) is 9.90 Å². The van der Waals surface area contributed by atoms with Crippen LogP contribution < -0.4 is 9.64 Å². The number of piperazine rings is 1. The summed E-state index contributed by atoms with van der Waals surface area (Å²) in [4.78, 5) is 27.6. The van der Waals surface area contributed by atoms with E-state index in [1.165, 1.54) is 12.1 Å². The molecule has 3 aliphatic rings. The van der Waals surface area contributed by atoms with Crippen LogP contribution in [0, 0.1) is 36.9 Å². The van der Waals surface area contributed by atoms with Crippen molar-refractivity contribution in [2.24, 2.45) is 0 Å². The van der Waals surface area contributed by atoms with E-state index in [1.807, 2.05) is 46.4 Å². The Hall–Kier alpha value is -4.43. The van der Waals surface area contributed by atoms with Gasteiger partial charge in [0.1, 0.15) is 42.9 Å². The minimum Gasteiger partial charge on any atom is -0.508 e. The first-order chi connectivity index (χ1) is 25.8. The molecule has 11 heteroatoms. The molecule has 2 aromatic carbocycles. The number of fused-ring (bicyclic) bond motifs is 6. The smallest absolute Gasteiger partial charge is 0.410 e. The van der Waals surface area contributed by atoms with Crippen LogP contribution in [-0.4, -0.2) is 70.5 Å². The van der Waals surface area contributed by atoms with Crippen molar-refractivity contribution in [1.29, 1.82) is 0 Å². The number of benzene rings is 2. The van der Waals surface area contributed by atoms with E-state index in [0.717, 1.165) is 12.8 Å². The van der Waals surface area contributed by atoms with Crippen LogP contribution >= 0.6 is 0 Å². The number of aryl methyl sites for hydroxylation is 2. The fraction of sp³-hybridized carbons (Fsp3) is 0.523. The Morgan fingerprint density at radius 1 is 1.00 bits per heavy atom. The van der Waals surface area contributed by atoms with Crippen molar-refractivity contribution >= 4 is 41.5 Å². The Morgan fingerprint density at radius 2 is 1.67 bits per heavy atom. The standard InChI is InChI=1S/C44H54F2N4O4Si/c1-22(2)55(23(3)4,24(5)6)18-17-31-33(45)15-13-28-19-30(51)20-32(36(28)31)39-38(46)35-25(7)26(8)47-41-37(35)42(48-39)53-27(9)40-34-16-14-29(21-49(40)41)50(34)43(52)54-44(10,11)12/h13,15,19-20,22-24,27,29,34,40,51H,14,16,21H2,1-12H3/t27-,29+,34-,40+/m0/s1. The summed E-state index contributed by atoms with van der Waals surface area (Å²) in [6.07, 6.45) is 0.724. The minimum atomic E-state index is -2.29. The maximum atomic E-state index is 17.6. The number of hydrogen-bond donors (Lipinski definition) is 1. The van der Waals surface area contributed by atoms with Gasteiger partial charge in [-0.15, -0.1) is 5.54 Å². The summed E-state index contributed by atoms with van der Waals surface area (Å²) in [5.41, 5.74) is 5.54. The number of aromatic nitrogens is 2. The minimum absolute atomic E-state index is 0.0687. The zero-order chi connectivity index (χ0) is 40.0. The predicted molar refractivity (Wildman–Crippen MR) is 218 cm³/mol. The second-order valence-electron chi connectivity index (χ2n) is 17.8. The number of ether oxygens (including phenoxy) is 2. The van der Waals surface area contributed by atoms with Crippen LogP contribution in [0.1, 0.15) is 98.9 Å². The van der Waals surface area contributed by atoms with Gasteiger partial charge in [-0.25, -0.2) is 23.5 Å². The van der Waals surface area contributed by atoms with E-state index in [1.54, 1.807) is 12.1 Å². The molecule has 2 aromatic heterocycles. The molecule has 2 fully saturated rings. The SMILES string of the molecule is Cc1nc2c3c(nc(-c4cc(O)cc5ccc(F)c(C#C[Si](C(C)C)(C(C)C)C(C)C)c45)c(F)c3c1C)O[C@@H](C)[C@@H]1[C@@H]3CC[C@H](CN21)N3C(=O)OC(C)(C)C. The largest absolute Gasteiger partial charge is 0.508 e. The van der Waals surface area contributed by atoms with Gasteiger partial charge >= 0.3 is 6.09 Å². The first kappa shape index (κ1) is 38.8. The van der Waals surface area contributed by atoms with Crippen molar-refractivity contribution in [3.05, 3.63) is 52.7 Å². The molecule has 292 valence electrons. The Kier molecular flexibility index (Phi) is 9.63. The quantitative estimate of drug-likeness (QED) is 0.163. The number of aromatic hydroxyl groups is 1.